The summed E-state index contributed by atoms with van der Waals surface area (Å²) < 4.78 is 10.5. The van der Waals surface area contributed by atoms with Crippen molar-refractivity contribution in [3.8, 4) is 11.5 Å². The van der Waals surface area contributed by atoms with Gasteiger partial charge in [0.05, 0.1) is 29.9 Å². The Morgan fingerprint density at radius 2 is 1.72 bits per heavy atom. The highest BCUT2D eigenvalue weighted by atomic mass is 35.5. The van der Waals surface area contributed by atoms with E-state index in [1.54, 1.807) is 37.1 Å². The van der Waals surface area contributed by atoms with Crippen LogP contribution in [0, 0.1) is 17.0 Å². The van der Waals surface area contributed by atoms with Crippen molar-refractivity contribution in [2.24, 2.45) is 0 Å². The lowest BCUT2D eigenvalue weighted by Crippen LogP contribution is -2.49. The second kappa shape index (κ2) is 8.57. The van der Waals surface area contributed by atoms with Gasteiger partial charge in [-0.05, 0) is 30.7 Å². The topological polar surface area (TPSA) is 85.2 Å². The first-order valence-electron chi connectivity index (χ1n) is 9.06. The van der Waals surface area contributed by atoms with Gasteiger partial charge in [-0.25, -0.2) is 0 Å². The van der Waals surface area contributed by atoms with Gasteiger partial charge in [-0.2, -0.15) is 0 Å². The largest absolute Gasteiger partial charge is 0.493 e. The predicted molar refractivity (Wildman–Crippen MR) is 111 cm³/mol. The van der Waals surface area contributed by atoms with Gasteiger partial charge in [0.15, 0.2) is 11.5 Å². The van der Waals surface area contributed by atoms with Crippen LogP contribution < -0.4 is 14.4 Å². The van der Waals surface area contributed by atoms with Crippen molar-refractivity contribution in [2.45, 2.75) is 6.92 Å². The van der Waals surface area contributed by atoms with Gasteiger partial charge in [0.25, 0.3) is 11.6 Å². The Balaban J connectivity index is 1.72. The first kappa shape index (κ1) is 20.7. The highest BCUT2D eigenvalue weighted by Gasteiger charge is 2.26. The van der Waals surface area contributed by atoms with E-state index in [9.17, 15) is 14.9 Å². The van der Waals surface area contributed by atoms with Gasteiger partial charge in [0.1, 0.15) is 0 Å². The van der Waals surface area contributed by atoms with Crippen molar-refractivity contribution in [3.63, 3.8) is 0 Å². The lowest BCUT2D eigenvalue weighted by molar-refractivity contribution is -0.384. The summed E-state index contributed by atoms with van der Waals surface area (Å²) in [7, 11) is 3.07. The number of piperazine rings is 1. The molecule has 1 aliphatic rings. The monoisotopic (exact) mass is 419 g/mol. The minimum atomic E-state index is -0.456. The molecule has 2 aromatic rings. The van der Waals surface area contributed by atoms with Crippen molar-refractivity contribution in [1.82, 2.24) is 4.90 Å². The average Bonchev–Trinajstić information content (AvgIpc) is 2.72. The molecule has 0 radical (unpaired) electrons. The summed E-state index contributed by atoms with van der Waals surface area (Å²) in [4.78, 5) is 27.2. The summed E-state index contributed by atoms with van der Waals surface area (Å²) in [6, 6.07) is 7.98. The third-order valence-electron chi connectivity index (χ3n) is 4.96. The highest BCUT2D eigenvalue weighted by Crippen LogP contribution is 2.34. The van der Waals surface area contributed by atoms with Crippen LogP contribution in [0.2, 0.25) is 5.02 Å². The second-order valence-electron chi connectivity index (χ2n) is 6.70. The Morgan fingerprint density at radius 1 is 1.07 bits per heavy atom. The summed E-state index contributed by atoms with van der Waals surface area (Å²) in [5.41, 5.74) is 2.01. The molecule has 9 heteroatoms. The number of nitro groups is 1. The van der Waals surface area contributed by atoms with Gasteiger partial charge in [-0.15, -0.1) is 0 Å². The van der Waals surface area contributed by atoms with Crippen molar-refractivity contribution >= 4 is 28.9 Å². The Hall–Kier alpha value is -3.00. The molecular formula is C20H22ClN3O5. The van der Waals surface area contributed by atoms with Gasteiger partial charge in [-0.1, -0.05) is 11.6 Å². The van der Waals surface area contributed by atoms with Crippen LogP contribution >= 0.6 is 11.6 Å². The van der Waals surface area contributed by atoms with E-state index in [1.165, 1.54) is 19.2 Å². The van der Waals surface area contributed by atoms with Crippen LogP contribution in [0.15, 0.2) is 30.3 Å². The maximum absolute atomic E-state index is 12.9. The summed E-state index contributed by atoms with van der Waals surface area (Å²) in [5.74, 6) is 0.986. The van der Waals surface area contributed by atoms with E-state index in [1.807, 2.05) is 0 Å². The Bertz CT molecular complexity index is 919. The molecule has 1 amide bonds. The number of rotatable bonds is 5. The van der Waals surface area contributed by atoms with E-state index >= 15 is 0 Å². The molecule has 1 aliphatic heterocycles. The van der Waals surface area contributed by atoms with Crippen LogP contribution in [0.3, 0.4) is 0 Å². The molecule has 2 aromatic carbocycles. The van der Waals surface area contributed by atoms with Crippen LogP contribution in [-0.2, 0) is 0 Å². The number of ether oxygens (including phenoxy) is 2. The summed E-state index contributed by atoms with van der Waals surface area (Å²) in [6.45, 7) is 3.99. The number of anilines is 1. The van der Waals surface area contributed by atoms with Crippen LogP contribution in [0.1, 0.15) is 15.9 Å². The van der Waals surface area contributed by atoms with Crippen LogP contribution in [0.25, 0.3) is 0 Å². The molecule has 1 heterocycles. The summed E-state index contributed by atoms with van der Waals surface area (Å²) in [6.07, 6.45) is 0. The number of nitro benzene ring substituents is 1. The fourth-order valence-electron chi connectivity index (χ4n) is 3.51. The quantitative estimate of drug-likeness (QED) is 0.544. The maximum Gasteiger partial charge on any atom is 0.271 e. The van der Waals surface area contributed by atoms with Crippen LogP contribution in [-0.4, -0.2) is 56.1 Å². The van der Waals surface area contributed by atoms with Gasteiger partial charge in [0, 0.05) is 43.9 Å². The molecule has 0 unspecified atom stereocenters. The van der Waals surface area contributed by atoms with E-state index < -0.39 is 4.92 Å². The first-order valence-corrected chi connectivity index (χ1v) is 9.44. The number of amides is 1. The Kier molecular flexibility index (Phi) is 6.12. The molecule has 0 aromatic heterocycles. The molecule has 0 spiro atoms. The number of halogens is 1. The number of non-ortho nitro benzene ring substituents is 1. The lowest BCUT2D eigenvalue weighted by atomic mass is 10.1. The normalized spacial score (nSPS) is 13.9. The highest BCUT2D eigenvalue weighted by molar-refractivity contribution is 6.33. The van der Waals surface area contributed by atoms with E-state index in [4.69, 9.17) is 21.1 Å². The molecule has 154 valence electrons. The first-order chi connectivity index (χ1) is 13.8. The van der Waals surface area contributed by atoms with E-state index in [0.717, 1.165) is 11.3 Å². The van der Waals surface area contributed by atoms with E-state index in [0.29, 0.717) is 48.3 Å². The standard InChI is InChI=1S/C20H22ClN3O5/c1-13-10-15(24(26)27)12-16(21)19(13)22-6-8-23(9-7-22)20(25)14-4-5-17(28-2)18(11-14)29-3/h4-5,10-12H,6-9H2,1-3H3. The fourth-order valence-corrected chi connectivity index (χ4v) is 3.89. The van der Waals surface area contributed by atoms with Crippen LogP contribution in [0.5, 0.6) is 11.5 Å². The number of hydrogen-bond donors (Lipinski definition) is 0. The average molecular weight is 420 g/mol. The zero-order valence-corrected chi connectivity index (χ0v) is 17.2. The number of nitrogens with zero attached hydrogens (tertiary/aromatic N) is 3. The minimum Gasteiger partial charge on any atom is -0.493 e. The molecule has 0 saturated carbocycles. The molecule has 0 aliphatic carbocycles. The van der Waals surface area contributed by atoms with Crippen molar-refractivity contribution in [1.29, 1.82) is 0 Å². The number of hydrogen-bond acceptors (Lipinski definition) is 6. The van der Waals surface area contributed by atoms with Gasteiger partial charge >= 0.3 is 0 Å². The number of aryl methyl sites for hydroxylation is 1. The minimum absolute atomic E-state index is 0.0292. The Morgan fingerprint density at radius 3 is 2.28 bits per heavy atom. The second-order valence-corrected chi connectivity index (χ2v) is 7.11. The molecule has 0 N–H and O–H groups in total. The third kappa shape index (κ3) is 4.22. The van der Waals surface area contributed by atoms with Crippen LogP contribution in [0.4, 0.5) is 11.4 Å². The van der Waals surface area contributed by atoms with Gasteiger partial charge in [-0.3, -0.25) is 14.9 Å². The van der Waals surface area contributed by atoms with Crippen molar-refractivity contribution in [2.75, 3.05) is 45.3 Å². The number of benzene rings is 2. The molecular weight excluding hydrogens is 398 g/mol. The lowest BCUT2D eigenvalue weighted by Gasteiger charge is -2.37. The summed E-state index contributed by atoms with van der Waals surface area (Å²) in [5, 5.41) is 11.3. The smallest absolute Gasteiger partial charge is 0.271 e. The van der Waals surface area contributed by atoms with Gasteiger partial charge < -0.3 is 19.3 Å². The molecule has 29 heavy (non-hydrogen) atoms. The fraction of sp³-hybridized carbons (Fsp3) is 0.350. The number of carbonyl (C=O) groups is 1. The number of methoxy groups -OCH3 is 2. The van der Waals surface area contributed by atoms with Gasteiger partial charge in [0.2, 0.25) is 0 Å². The van der Waals surface area contributed by atoms with Crippen molar-refractivity contribution in [3.05, 3.63) is 56.6 Å². The predicted octanol–water partition coefficient (Wildman–Crippen LogP) is 3.54. The molecule has 0 bridgehead atoms. The zero-order valence-electron chi connectivity index (χ0n) is 16.5. The molecule has 8 nitrogen and oxygen atoms in total. The zero-order chi connectivity index (χ0) is 21.1. The molecule has 0 atom stereocenters. The molecule has 3 rings (SSSR count). The molecule has 1 fully saturated rings. The maximum atomic E-state index is 12.9. The van der Waals surface area contributed by atoms with Crippen molar-refractivity contribution < 1.29 is 19.2 Å². The third-order valence-corrected chi connectivity index (χ3v) is 5.25. The van der Waals surface area contributed by atoms with E-state index in [2.05, 4.69) is 4.90 Å². The van der Waals surface area contributed by atoms with E-state index in [-0.39, 0.29) is 11.6 Å². The number of carbonyl (C=O) groups excluding carboxylic acids is 1. The summed E-state index contributed by atoms with van der Waals surface area (Å²) >= 11 is 6.32. The Labute approximate surface area is 173 Å². The SMILES string of the molecule is COc1ccc(C(=O)N2CCN(c3c(C)cc([N+](=O)[O-])cc3Cl)CC2)cc1OC. The molecule has 1 saturated heterocycles.